The van der Waals surface area contributed by atoms with Gasteiger partial charge >= 0.3 is 6.18 Å². The summed E-state index contributed by atoms with van der Waals surface area (Å²) < 4.78 is 39.6. The standard InChI is InChI=1S/C33H28F3N7O/c1-21-11-13-26(39-31(44)23-7-6-8-25(15-23)33(34,35)36)16-29(21)42-19-24-17-38-32(40-27-14-12-22(2)37-18-27)41-30(24)43(20-42)28-9-4-3-5-10-28/h3-18H,19-20H2,1-2H3,(H,39,44)(H,38,40,41). The van der Waals surface area contributed by atoms with Crippen LogP contribution in [0.3, 0.4) is 0 Å². The molecule has 2 aromatic heterocycles. The van der Waals surface area contributed by atoms with Crippen molar-refractivity contribution in [3.8, 4) is 0 Å². The molecule has 44 heavy (non-hydrogen) atoms. The van der Waals surface area contributed by atoms with Crippen LogP contribution in [-0.4, -0.2) is 27.5 Å². The van der Waals surface area contributed by atoms with Crippen molar-refractivity contribution in [1.82, 2.24) is 15.0 Å². The van der Waals surface area contributed by atoms with Gasteiger partial charge in [0, 0.05) is 46.6 Å². The van der Waals surface area contributed by atoms with Crippen molar-refractivity contribution in [3.05, 3.63) is 125 Å². The fourth-order valence-electron chi connectivity index (χ4n) is 5.01. The van der Waals surface area contributed by atoms with Crippen molar-refractivity contribution < 1.29 is 18.0 Å². The minimum Gasteiger partial charge on any atom is -0.349 e. The molecule has 11 heteroatoms. The maximum absolute atomic E-state index is 13.2. The molecule has 0 atom stereocenters. The number of benzene rings is 3. The van der Waals surface area contributed by atoms with Crippen molar-refractivity contribution in [2.45, 2.75) is 26.6 Å². The zero-order chi connectivity index (χ0) is 30.8. The van der Waals surface area contributed by atoms with Crippen molar-refractivity contribution in [3.63, 3.8) is 0 Å². The highest BCUT2D eigenvalue weighted by atomic mass is 19.4. The van der Waals surface area contributed by atoms with Crippen molar-refractivity contribution in [2.75, 3.05) is 27.1 Å². The minimum atomic E-state index is -4.54. The SMILES string of the molecule is Cc1ccc(Nc2ncc3c(n2)N(c2ccccc2)CN(c2cc(NC(=O)c4cccc(C(F)(F)F)c4)ccc2C)C3)cn1. The van der Waals surface area contributed by atoms with E-state index in [2.05, 4.69) is 30.4 Å². The van der Waals surface area contributed by atoms with Crippen LogP contribution < -0.4 is 20.4 Å². The van der Waals surface area contributed by atoms with E-state index in [-0.39, 0.29) is 5.56 Å². The van der Waals surface area contributed by atoms with Gasteiger partial charge in [-0.05, 0) is 74.0 Å². The molecule has 1 amide bonds. The van der Waals surface area contributed by atoms with Crippen molar-refractivity contribution in [1.29, 1.82) is 0 Å². The Morgan fingerprint density at radius 3 is 2.41 bits per heavy atom. The Kier molecular flexibility index (Phi) is 7.60. The summed E-state index contributed by atoms with van der Waals surface area (Å²) >= 11 is 0. The average molecular weight is 596 g/mol. The molecule has 8 nitrogen and oxygen atoms in total. The maximum Gasteiger partial charge on any atom is 0.416 e. The van der Waals surface area contributed by atoms with Crippen LogP contribution in [0.4, 0.5) is 47.7 Å². The summed E-state index contributed by atoms with van der Waals surface area (Å²) in [5.74, 6) is 0.578. The van der Waals surface area contributed by atoms with Crippen LogP contribution >= 0.6 is 0 Å². The third-order valence-corrected chi connectivity index (χ3v) is 7.27. The number of carbonyl (C=O) groups is 1. The Morgan fingerprint density at radius 1 is 0.864 bits per heavy atom. The second-order valence-electron chi connectivity index (χ2n) is 10.5. The lowest BCUT2D eigenvalue weighted by Gasteiger charge is -2.39. The summed E-state index contributed by atoms with van der Waals surface area (Å²) in [6, 6.07) is 23.5. The Labute approximate surface area is 252 Å². The lowest BCUT2D eigenvalue weighted by molar-refractivity contribution is -0.137. The van der Waals surface area contributed by atoms with Gasteiger partial charge in [0.25, 0.3) is 5.91 Å². The highest BCUT2D eigenvalue weighted by Crippen LogP contribution is 2.37. The van der Waals surface area contributed by atoms with Gasteiger partial charge in [-0.25, -0.2) is 4.98 Å². The number of hydrogen-bond donors (Lipinski definition) is 2. The number of carbonyl (C=O) groups excluding carboxylic acids is 1. The molecule has 0 spiro atoms. The maximum atomic E-state index is 13.2. The monoisotopic (exact) mass is 595 g/mol. The van der Waals surface area contributed by atoms with Crippen LogP contribution in [0, 0.1) is 13.8 Å². The van der Waals surface area contributed by atoms with Gasteiger partial charge in [0.2, 0.25) is 5.95 Å². The van der Waals surface area contributed by atoms with Gasteiger partial charge in [0.05, 0.1) is 24.1 Å². The summed E-state index contributed by atoms with van der Waals surface area (Å²) in [6.45, 7) is 4.84. The summed E-state index contributed by atoms with van der Waals surface area (Å²) in [5, 5.41) is 5.98. The highest BCUT2D eigenvalue weighted by Gasteiger charge is 2.31. The van der Waals surface area contributed by atoms with Gasteiger partial charge in [-0.3, -0.25) is 9.78 Å². The number of aromatic nitrogens is 3. The number of alkyl halides is 3. The van der Waals surface area contributed by atoms with E-state index in [1.165, 1.54) is 12.1 Å². The molecule has 5 aromatic rings. The summed E-state index contributed by atoms with van der Waals surface area (Å²) in [7, 11) is 0. The normalized spacial score (nSPS) is 12.9. The Balaban J connectivity index is 1.29. The number of rotatable bonds is 6. The van der Waals surface area contributed by atoms with Gasteiger partial charge in [0.15, 0.2) is 0 Å². The Morgan fingerprint density at radius 2 is 1.66 bits per heavy atom. The first-order valence-electron chi connectivity index (χ1n) is 13.9. The number of pyridine rings is 1. The molecule has 0 aliphatic carbocycles. The summed E-state index contributed by atoms with van der Waals surface area (Å²) in [4.78, 5) is 30.9. The smallest absolute Gasteiger partial charge is 0.349 e. The number of aryl methyl sites for hydroxylation is 2. The van der Waals surface area contributed by atoms with E-state index < -0.39 is 17.6 Å². The zero-order valence-electron chi connectivity index (χ0n) is 23.9. The van der Waals surface area contributed by atoms with E-state index in [0.29, 0.717) is 24.8 Å². The number of fused-ring (bicyclic) bond motifs is 1. The molecule has 0 unspecified atom stereocenters. The van der Waals surface area contributed by atoms with E-state index in [0.717, 1.165) is 51.8 Å². The topological polar surface area (TPSA) is 86.3 Å². The average Bonchev–Trinajstić information content (AvgIpc) is 3.02. The van der Waals surface area contributed by atoms with Crippen molar-refractivity contribution >= 4 is 40.4 Å². The van der Waals surface area contributed by atoms with Gasteiger partial charge in [0.1, 0.15) is 5.82 Å². The van der Waals surface area contributed by atoms with Gasteiger partial charge in [-0.15, -0.1) is 0 Å². The van der Waals surface area contributed by atoms with E-state index in [4.69, 9.17) is 4.98 Å². The van der Waals surface area contributed by atoms with E-state index in [1.54, 1.807) is 18.5 Å². The molecule has 222 valence electrons. The van der Waals surface area contributed by atoms with Crippen LogP contribution in [0.25, 0.3) is 0 Å². The molecule has 0 radical (unpaired) electrons. The Bertz CT molecular complexity index is 1810. The summed E-state index contributed by atoms with van der Waals surface area (Å²) in [5.41, 5.74) is 4.84. The molecule has 3 heterocycles. The first kappa shape index (κ1) is 28.7. The Hall–Kier alpha value is -5.45. The molecular formula is C33H28F3N7O. The number of hydrogen-bond acceptors (Lipinski definition) is 7. The third-order valence-electron chi connectivity index (χ3n) is 7.27. The molecule has 0 saturated carbocycles. The van der Waals surface area contributed by atoms with Crippen LogP contribution in [0.1, 0.15) is 32.7 Å². The van der Waals surface area contributed by atoms with E-state index in [1.807, 2.05) is 68.4 Å². The molecule has 1 aliphatic rings. The molecular weight excluding hydrogens is 567 g/mol. The quantitative estimate of drug-likeness (QED) is 0.209. The van der Waals surface area contributed by atoms with E-state index >= 15 is 0 Å². The molecule has 0 saturated heterocycles. The van der Waals surface area contributed by atoms with Gasteiger partial charge in [-0.1, -0.05) is 30.3 Å². The highest BCUT2D eigenvalue weighted by molar-refractivity contribution is 6.04. The number of anilines is 6. The first-order valence-corrected chi connectivity index (χ1v) is 13.9. The number of amides is 1. The largest absolute Gasteiger partial charge is 0.416 e. The number of nitrogens with zero attached hydrogens (tertiary/aromatic N) is 5. The molecule has 1 aliphatic heterocycles. The molecule has 0 bridgehead atoms. The van der Waals surface area contributed by atoms with Crippen LogP contribution in [0.5, 0.6) is 0 Å². The van der Waals surface area contributed by atoms with Crippen LogP contribution in [0.2, 0.25) is 0 Å². The number of para-hydroxylation sites is 1. The fraction of sp³-hybridized carbons (Fsp3) is 0.152. The lowest BCUT2D eigenvalue weighted by Crippen LogP contribution is -2.41. The van der Waals surface area contributed by atoms with Gasteiger partial charge in [-0.2, -0.15) is 18.2 Å². The van der Waals surface area contributed by atoms with Crippen LogP contribution in [0.15, 0.2) is 97.3 Å². The first-order chi connectivity index (χ1) is 21.1. The fourth-order valence-corrected chi connectivity index (χ4v) is 5.01. The molecule has 0 fully saturated rings. The predicted molar refractivity (Wildman–Crippen MR) is 164 cm³/mol. The number of nitrogens with one attached hydrogen (secondary N) is 2. The molecule has 6 rings (SSSR count). The van der Waals surface area contributed by atoms with Crippen LogP contribution in [-0.2, 0) is 12.7 Å². The second-order valence-corrected chi connectivity index (χ2v) is 10.5. The second kappa shape index (κ2) is 11.7. The minimum absolute atomic E-state index is 0.0768. The summed E-state index contributed by atoms with van der Waals surface area (Å²) in [6.07, 6.45) is -1.01. The lowest BCUT2D eigenvalue weighted by atomic mass is 10.1. The molecule has 3 aromatic carbocycles. The molecule has 2 N–H and O–H groups in total. The predicted octanol–water partition coefficient (Wildman–Crippen LogP) is 7.62. The third kappa shape index (κ3) is 6.17. The van der Waals surface area contributed by atoms with Crippen molar-refractivity contribution in [2.24, 2.45) is 0 Å². The van der Waals surface area contributed by atoms with Gasteiger partial charge < -0.3 is 20.4 Å². The van der Waals surface area contributed by atoms with E-state index in [9.17, 15) is 18.0 Å². The zero-order valence-corrected chi connectivity index (χ0v) is 23.9. The number of halogens is 3.